The maximum absolute atomic E-state index is 5.67. The number of aromatic nitrogens is 1. The summed E-state index contributed by atoms with van der Waals surface area (Å²) in [6, 6.07) is 6.13. The number of anilines is 2. The van der Waals surface area contributed by atoms with Gasteiger partial charge in [-0.25, -0.2) is 4.98 Å². The monoisotopic (exact) mass is 207 g/mol. The second kappa shape index (κ2) is 4.09. The Hall–Kier alpha value is -1.25. The van der Waals surface area contributed by atoms with Gasteiger partial charge in [0.25, 0.3) is 0 Å². The number of nitrogen functional groups attached to an aromatic ring is 1. The molecule has 0 saturated carbocycles. The third kappa shape index (κ3) is 2.85. The van der Waals surface area contributed by atoms with Crippen LogP contribution in [-0.4, -0.2) is 18.1 Å². The first kappa shape index (κ1) is 11.8. The number of pyridine rings is 1. The number of hydrogen-bond donors (Lipinski definition) is 1. The van der Waals surface area contributed by atoms with E-state index in [1.807, 2.05) is 12.1 Å². The Morgan fingerprint density at radius 3 is 2.40 bits per heavy atom. The smallest absolute Gasteiger partial charge is 0.130 e. The van der Waals surface area contributed by atoms with Crippen LogP contribution in [0.1, 0.15) is 27.7 Å². The van der Waals surface area contributed by atoms with Gasteiger partial charge >= 0.3 is 0 Å². The molecule has 0 saturated heterocycles. The van der Waals surface area contributed by atoms with Crippen molar-refractivity contribution in [3.63, 3.8) is 0 Å². The fraction of sp³-hybridized carbons (Fsp3) is 0.583. The Labute approximate surface area is 92.3 Å². The Balaban J connectivity index is 2.90. The second-order valence-electron chi connectivity index (χ2n) is 5.07. The summed E-state index contributed by atoms with van der Waals surface area (Å²) in [5, 5.41) is 0. The van der Waals surface area contributed by atoms with Crippen LogP contribution in [0.25, 0.3) is 0 Å². The predicted octanol–water partition coefficient (Wildman–Crippen LogP) is 2.53. The second-order valence-corrected chi connectivity index (χ2v) is 5.07. The summed E-state index contributed by atoms with van der Waals surface area (Å²) in [6.07, 6.45) is 0. The lowest BCUT2D eigenvalue weighted by molar-refractivity contribution is 0.328. The zero-order chi connectivity index (χ0) is 11.6. The number of nitrogens with two attached hydrogens (primary N) is 1. The molecular formula is C12H21N3. The molecule has 0 aromatic carbocycles. The SMILES string of the molecule is CC(N(C)c1cccc(N)n1)C(C)(C)C. The summed E-state index contributed by atoms with van der Waals surface area (Å²) in [5.41, 5.74) is 5.89. The van der Waals surface area contributed by atoms with Gasteiger partial charge in [-0.05, 0) is 24.5 Å². The molecule has 0 fully saturated rings. The lowest BCUT2D eigenvalue weighted by Crippen LogP contribution is -2.39. The zero-order valence-electron chi connectivity index (χ0n) is 10.3. The van der Waals surface area contributed by atoms with E-state index in [4.69, 9.17) is 5.73 Å². The summed E-state index contributed by atoms with van der Waals surface area (Å²) in [5.74, 6) is 1.50. The van der Waals surface area contributed by atoms with Crippen LogP contribution < -0.4 is 10.6 Å². The molecule has 1 rings (SSSR count). The highest BCUT2D eigenvalue weighted by Crippen LogP contribution is 2.26. The summed E-state index contributed by atoms with van der Waals surface area (Å²) >= 11 is 0. The van der Waals surface area contributed by atoms with Crippen LogP contribution in [-0.2, 0) is 0 Å². The van der Waals surface area contributed by atoms with Gasteiger partial charge in [-0.2, -0.15) is 0 Å². The molecule has 0 bridgehead atoms. The highest BCUT2D eigenvalue weighted by atomic mass is 15.2. The first-order valence-corrected chi connectivity index (χ1v) is 5.27. The van der Waals surface area contributed by atoms with E-state index in [2.05, 4.69) is 44.6 Å². The Bertz CT molecular complexity index is 328. The molecule has 15 heavy (non-hydrogen) atoms. The summed E-state index contributed by atoms with van der Waals surface area (Å²) in [4.78, 5) is 6.47. The number of hydrogen-bond acceptors (Lipinski definition) is 3. The third-order valence-electron chi connectivity index (χ3n) is 2.95. The molecule has 2 N–H and O–H groups in total. The van der Waals surface area contributed by atoms with E-state index in [9.17, 15) is 0 Å². The largest absolute Gasteiger partial charge is 0.384 e. The van der Waals surface area contributed by atoms with Gasteiger partial charge in [0.15, 0.2) is 0 Å². The maximum Gasteiger partial charge on any atom is 0.130 e. The Kier molecular flexibility index (Phi) is 3.22. The minimum absolute atomic E-state index is 0.223. The van der Waals surface area contributed by atoms with Crippen molar-refractivity contribution >= 4 is 11.6 Å². The van der Waals surface area contributed by atoms with Crippen LogP contribution in [0.4, 0.5) is 11.6 Å². The first-order valence-electron chi connectivity index (χ1n) is 5.27. The van der Waals surface area contributed by atoms with E-state index in [0.717, 1.165) is 5.82 Å². The van der Waals surface area contributed by atoms with Gasteiger partial charge in [-0.1, -0.05) is 26.8 Å². The van der Waals surface area contributed by atoms with Gasteiger partial charge in [0.05, 0.1) is 0 Å². The van der Waals surface area contributed by atoms with Gasteiger partial charge in [0, 0.05) is 13.1 Å². The molecule has 3 heteroatoms. The van der Waals surface area contributed by atoms with Crippen LogP contribution in [0.15, 0.2) is 18.2 Å². The highest BCUT2D eigenvalue weighted by Gasteiger charge is 2.24. The van der Waals surface area contributed by atoms with Gasteiger partial charge in [-0.15, -0.1) is 0 Å². The van der Waals surface area contributed by atoms with Crippen molar-refractivity contribution < 1.29 is 0 Å². The minimum Gasteiger partial charge on any atom is -0.384 e. The number of nitrogens with zero attached hydrogens (tertiary/aromatic N) is 2. The molecule has 1 atom stereocenters. The maximum atomic E-state index is 5.67. The summed E-state index contributed by atoms with van der Waals surface area (Å²) < 4.78 is 0. The van der Waals surface area contributed by atoms with Crippen LogP contribution in [0.3, 0.4) is 0 Å². The lowest BCUT2D eigenvalue weighted by atomic mass is 9.87. The molecule has 0 aliphatic heterocycles. The van der Waals surface area contributed by atoms with Crippen molar-refractivity contribution in [2.45, 2.75) is 33.7 Å². The van der Waals surface area contributed by atoms with E-state index in [-0.39, 0.29) is 5.41 Å². The van der Waals surface area contributed by atoms with Crippen molar-refractivity contribution in [2.24, 2.45) is 5.41 Å². The normalized spacial score (nSPS) is 13.7. The zero-order valence-corrected chi connectivity index (χ0v) is 10.3. The first-order chi connectivity index (χ1) is 6.82. The van der Waals surface area contributed by atoms with Crippen molar-refractivity contribution in [2.75, 3.05) is 17.7 Å². The van der Waals surface area contributed by atoms with Gasteiger partial charge < -0.3 is 10.6 Å². The highest BCUT2D eigenvalue weighted by molar-refractivity contribution is 5.45. The Morgan fingerprint density at radius 1 is 1.33 bits per heavy atom. The van der Waals surface area contributed by atoms with E-state index in [1.54, 1.807) is 6.07 Å². The molecule has 1 unspecified atom stereocenters. The van der Waals surface area contributed by atoms with Crippen LogP contribution in [0, 0.1) is 5.41 Å². The molecule has 1 heterocycles. The van der Waals surface area contributed by atoms with Crippen molar-refractivity contribution in [3.05, 3.63) is 18.2 Å². The average Bonchev–Trinajstić information content (AvgIpc) is 2.14. The van der Waals surface area contributed by atoms with E-state index in [1.165, 1.54) is 0 Å². The molecule has 0 radical (unpaired) electrons. The summed E-state index contributed by atoms with van der Waals surface area (Å²) in [6.45, 7) is 8.87. The molecule has 0 spiro atoms. The minimum atomic E-state index is 0.223. The molecule has 0 amide bonds. The van der Waals surface area contributed by atoms with Crippen molar-refractivity contribution in [1.82, 2.24) is 4.98 Å². The molecule has 0 aliphatic carbocycles. The molecule has 1 aromatic heterocycles. The van der Waals surface area contributed by atoms with E-state index < -0.39 is 0 Å². The van der Waals surface area contributed by atoms with E-state index >= 15 is 0 Å². The van der Waals surface area contributed by atoms with Gasteiger partial charge in [0.2, 0.25) is 0 Å². The van der Waals surface area contributed by atoms with Crippen LogP contribution in [0.2, 0.25) is 0 Å². The standard InChI is InChI=1S/C12H21N3/c1-9(12(2,3)4)15(5)11-8-6-7-10(13)14-11/h6-9H,1-5H3,(H2,13,14). The molecular weight excluding hydrogens is 186 g/mol. The van der Waals surface area contributed by atoms with Gasteiger partial charge in [-0.3, -0.25) is 0 Å². The average molecular weight is 207 g/mol. The van der Waals surface area contributed by atoms with E-state index in [0.29, 0.717) is 11.9 Å². The Morgan fingerprint density at radius 2 is 1.93 bits per heavy atom. The predicted molar refractivity (Wildman–Crippen MR) is 66.0 cm³/mol. The lowest BCUT2D eigenvalue weighted by Gasteiger charge is -2.36. The van der Waals surface area contributed by atoms with Crippen LogP contribution >= 0.6 is 0 Å². The topological polar surface area (TPSA) is 42.1 Å². The van der Waals surface area contributed by atoms with Crippen LogP contribution in [0.5, 0.6) is 0 Å². The van der Waals surface area contributed by atoms with Crippen molar-refractivity contribution in [1.29, 1.82) is 0 Å². The molecule has 84 valence electrons. The third-order valence-corrected chi connectivity index (χ3v) is 2.95. The fourth-order valence-corrected chi connectivity index (χ4v) is 1.42. The number of rotatable bonds is 2. The molecule has 1 aromatic rings. The van der Waals surface area contributed by atoms with Crippen molar-refractivity contribution in [3.8, 4) is 0 Å². The summed E-state index contributed by atoms with van der Waals surface area (Å²) in [7, 11) is 2.05. The fourth-order valence-electron chi connectivity index (χ4n) is 1.42. The molecule has 0 aliphatic rings. The van der Waals surface area contributed by atoms with Gasteiger partial charge in [0.1, 0.15) is 11.6 Å². The quantitative estimate of drug-likeness (QED) is 0.810. The molecule has 3 nitrogen and oxygen atoms in total.